The van der Waals surface area contributed by atoms with Gasteiger partial charge in [-0.1, -0.05) is 29.1 Å². The van der Waals surface area contributed by atoms with Crippen molar-refractivity contribution < 1.29 is 13.6 Å². The molecule has 1 amide bonds. The van der Waals surface area contributed by atoms with Gasteiger partial charge in [-0.25, -0.2) is 4.68 Å². The molecule has 3 rings (SSSR count). The number of thiazole rings is 1. The van der Waals surface area contributed by atoms with Gasteiger partial charge in [0.15, 0.2) is 0 Å². The molecule has 0 aliphatic rings. The predicted molar refractivity (Wildman–Crippen MR) is 88.1 cm³/mol. The van der Waals surface area contributed by atoms with Gasteiger partial charge in [0.1, 0.15) is 12.2 Å². The Balaban J connectivity index is 1.66. The van der Waals surface area contributed by atoms with Crippen LogP contribution in [-0.4, -0.2) is 31.6 Å². The van der Waals surface area contributed by atoms with Crippen molar-refractivity contribution in [3.63, 3.8) is 0 Å². The lowest BCUT2D eigenvalue weighted by Gasteiger charge is -2.10. The summed E-state index contributed by atoms with van der Waals surface area (Å²) >= 11 is 1.80. The molecular formula is C14H11F2N5OS2. The summed E-state index contributed by atoms with van der Waals surface area (Å²) in [5, 5.41) is 10.5. The molecule has 0 radical (unpaired) electrons. The molecule has 1 aromatic carbocycles. The Morgan fingerprint density at radius 2 is 2.21 bits per heavy atom. The minimum atomic E-state index is -2.56. The molecule has 24 heavy (non-hydrogen) atoms. The van der Waals surface area contributed by atoms with Crippen molar-refractivity contribution in [1.82, 2.24) is 20.0 Å². The summed E-state index contributed by atoms with van der Waals surface area (Å²) < 4.78 is 26.5. The van der Waals surface area contributed by atoms with E-state index in [0.717, 1.165) is 4.88 Å². The fourth-order valence-electron chi connectivity index (χ4n) is 1.94. The fraction of sp³-hybridized carbons (Fsp3) is 0.143. The van der Waals surface area contributed by atoms with E-state index in [1.807, 2.05) is 0 Å². The zero-order valence-electron chi connectivity index (χ0n) is 12.1. The Morgan fingerprint density at radius 1 is 1.38 bits per heavy atom. The fourth-order valence-corrected chi connectivity index (χ4v) is 3.10. The van der Waals surface area contributed by atoms with E-state index < -0.39 is 5.76 Å². The van der Waals surface area contributed by atoms with Gasteiger partial charge in [-0.3, -0.25) is 9.78 Å². The smallest absolute Gasteiger partial charge is 0.288 e. The molecule has 2 aromatic heterocycles. The number of alkyl halides is 2. The molecule has 2 heterocycles. The Bertz CT molecular complexity index is 822. The summed E-state index contributed by atoms with van der Waals surface area (Å²) in [6.07, 6.45) is 3.30. The van der Waals surface area contributed by atoms with Gasteiger partial charge in [-0.2, -0.15) is 8.78 Å². The number of benzene rings is 1. The van der Waals surface area contributed by atoms with Crippen molar-refractivity contribution in [2.75, 3.05) is 5.32 Å². The van der Waals surface area contributed by atoms with E-state index in [1.165, 1.54) is 22.1 Å². The lowest BCUT2D eigenvalue weighted by molar-refractivity contribution is -0.116. The van der Waals surface area contributed by atoms with Crippen LogP contribution in [0.5, 0.6) is 0 Å². The molecule has 0 aliphatic carbocycles. The van der Waals surface area contributed by atoms with E-state index >= 15 is 0 Å². The first kappa shape index (κ1) is 16.5. The maximum atomic E-state index is 12.5. The van der Waals surface area contributed by atoms with Crippen molar-refractivity contribution in [2.45, 2.75) is 17.2 Å². The lowest BCUT2D eigenvalue weighted by atomic mass is 10.3. The van der Waals surface area contributed by atoms with Gasteiger partial charge in [0.2, 0.25) is 5.91 Å². The number of thioether (sulfide) groups is 1. The van der Waals surface area contributed by atoms with Gasteiger partial charge in [-0.05, 0) is 12.1 Å². The highest BCUT2D eigenvalue weighted by atomic mass is 32.2. The van der Waals surface area contributed by atoms with Gasteiger partial charge in [-0.15, -0.1) is 16.4 Å². The average molecular weight is 367 g/mol. The molecular weight excluding hydrogens is 356 g/mol. The third kappa shape index (κ3) is 4.15. The van der Waals surface area contributed by atoms with Gasteiger partial charge in [0.05, 0.1) is 22.3 Å². The van der Waals surface area contributed by atoms with Crippen molar-refractivity contribution in [3.05, 3.63) is 42.2 Å². The standard InChI is InChI=1S/C14H11F2N5OS2/c15-14(16)24-11-4-2-1-3-9(11)18-13(22)7-21-6-10(19-20-21)12-5-17-8-23-12/h1-6,8,14H,7H2,(H,18,22). The number of hydrogen-bond acceptors (Lipinski definition) is 6. The lowest BCUT2D eigenvalue weighted by Crippen LogP contribution is -2.19. The number of rotatable bonds is 6. The number of anilines is 1. The van der Waals surface area contributed by atoms with Gasteiger partial charge in [0.25, 0.3) is 5.76 Å². The Labute approximate surface area is 143 Å². The molecule has 0 saturated carbocycles. The van der Waals surface area contributed by atoms with Crippen LogP contribution < -0.4 is 5.32 Å². The van der Waals surface area contributed by atoms with E-state index in [-0.39, 0.29) is 12.5 Å². The van der Waals surface area contributed by atoms with E-state index in [4.69, 9.17) is 0 Å². The minimum Gasteiger partial charge on any atom is -0.323 e. The summed E-state index contributed by atoms with van der Waals surface area (Å²) in [4.78, 5) is 17.2. The second-order valence-electron chi connectivity index (χ2n) is 4.59. The number of para-hydroxylation sites is 1. The number of carbonyl (C=O) groups excluding carboxylic acids is 1. The number of nitrogens with one attached hydrogen (secondary N) is 1. The molecule has 0 atom stereocenters. The first-order chi connectivity index (χ1) is 11.6. The van der Waals surface area contributed by atoms with Crippen molar-refractivity contribution in [2.24, 2.45) is 0 Å². The van der Waals surface area contributed by atoms with E-state index in [2.05, 4.69) is 20.6 Å². The second-order valence-corrected chi connectivity index (χ2v) is 6.51. The third-order valence-corrected chi connectivity index (χ3v) is 4.49. The Kier molecular flexibility index (Phi) is 5.16. The van der Waals surface area contributed by atoms with E-state index in [0.29, 0.717) is 28.0 Å². The molecule has 0 unspecified atom stereocenters. The zero-order valence-corrected chi connectivity index (χ0v) is 13.7. The van der Waals surface area contributed by atoms with Crippen molar-refractivity contribution in [3.8, 4) is 10.6 Å². The van der Waals surface area contributed by atoms with Crippen LogP contribution >= 0.6 is 23.1 Å². The number of aromatic nitrogens is 4. The highest BCUT2D eigenvalue weighted by Crippen LogP contribution is 2.31. The monoisotopic (exact) mass is 367 g/mol. The predicted octanol–water partition coefficient (Wildman–Crippen LogP) is 3.36. The average Bonchev–Trinajstić information content (AvgIpc) is 3.19. The van der Waals surface area contributed by atoms with E-state index in [9.17, 15) is 13.6 Å². The maximum Gasteiger partial charge on any atom is 0.288 e. The highest BCUT2D eigenvalue weighted by molar-refractivity contribution is 7.99. The van der Waals surface area contributed by atoms with Crippen LogP contribution in [-0.2, 0) is 11.3 Å². The van der Waals surface area contributed by atoms with Crippen LogP contribution in [0.1, 0.15) is 0 Å². The summed E-state index contributed by atoms with van der Waals surface area (Å²) in [6.45, 7) is -0.0700. The SMILES string of the molecule is O=C(Cn1cc(-c2cncs2)nn1)Nc1ccccc1SC(F)F. The number of hydrogen-bond donors (Lipinski definition) is 1. The van der Waals surface area contributed by atoms with Crippen molar-refractivity contribution in [1.29, 1.82) is 0 Å². The van der Waals surface area contributed by atoms with Crippen LogP contribution in [0, 0.1) is 0 Å². The quantitative estimate of drug-likeness (QED) is 0.677. The topological polar surface area (TPSA) is 72.7 Å². The molecule has 0 bridgehead atoms. The molecule has 0 saturated heterocycles. The van der Waals surface area contributed by atoms with E-state index in [1.54, 1.807) is 36.1 Å². The molecule has 6 nitrogen and oxygen atoms in total. The summed E-state index contributed by atoms with van der Waals surface area (Å²) in [5.74, 6) is -2.93. The number of nitrogens with zero attached hydrogens (tertiary/aromatic N) is 4. The molecule has 10 heteroatoms. The molecule has 0 aliphatic heterocycles. The largest absolute Gasteiger partial charge is 0.323 e. The Hall–Kier alpha value is -2.33. The second kappa shape index (κ2) is 7.49. The Morgan fingerprint density at radius 3 is 2.96 bits per heavy atom. The van der Waals surface area contributed by atoms with Gasteiger partial charge >= 0.3 is 0 Å². The van der Waals surface area contributed by atoms with Crippen LogP contribution in [0.2, 0.25) is 0 Å². The minimum absolute atomic E-state index is 0.0700. The van der Waals surface area contributed by atoms with Gasteiger partial charge in [0, 0.05) is 11.1 Å². The normalized spacial score (nSPS) is 11.0. The third-order valence-electron chi connectivity index (χ3n) is 2.91. The molecule has 124 valence electrons. The summed E-state index contributed by atoms with van der Waals surface area (Å²) in [7, 11) is 0. The summed E-state index contributed by atoms with van der Waals surface area (Å²) in [5.41, 5.74) is 2.65. The van der Waals surface area contributed by atoms with Crippen LogP contribution in [0.4, 0.5) is 14.5 Å². The molecule has 0 fully saturated rings. The number of halogens is 2. The summed E-state index contributed by atoms with van der Waals surface area (Å²) in [6, 6.07) is 6.41. The maximum absolute atomic E-state index is 12.5. The molecule has 1 N–H and O–H groups in total. The first-order valence-corrected chi connectivity index (χ1v) is 8.50. The number of carbonyl (C=O) groups is 1. The molecule has 0 spiro atoms. The van der Waals surface area contributed by atoms with Crippen LogP contribution in [0.3, 0.4) is 0 Å². The molecule has 3 aromatic rings. The van der Waals surface area contributed by atoms with Crippen LogP contribution in [0.25, 0.3) is 10.6 Å². The van der Waals surface area contributed by atoms with Gasteiger partial charge < -0.3 is 5.32 Å². The number of amides is 1. The highest BCUT2D eigenvalue weighted by Gasteiger charge is 2.13. The van der Waals surface area contributed by atoms with Crippen molar-refractivity contribution >= 4 is 34.7 Å². The zero-order chi connectivity index (χ0) is 16.9. The first-order valence-electron chi connectivity index (χ1n) is 6.74. The van der Waals surface area contributed by atoms with Crippen LogP contribution in [0.15, 0.2) is 47.1 Å².